The maximum Gasteiger partial charge on any atom is 0.292 e. The number of carbonyl (C=O) groups excluding carboxylic acids is 2. The summed E-state index contributed by atoms with van der Waals surface area (Å²) in [4.78, 5) is 25.5. The van der Waals surface area contributed by atoms with Gasteiger partial charge in [-0.05, 0) is 44.2 Å². The molecular weight excluding hydrogens is 380 g/mol. The highest BCUT2D eigenvalue weighted by molar-refractivity contribution is 6.30. The van der Waals surface area contributed by atoms with Gasteiger partial charge in [0.1, 0.15) is 0 Å². The zero-order valence-electron chi connectivity index (χ0n) is 15.4. The first kappa shape index (κ1) is 19.4. The van der Waals surface area contributed by atoms with Gasteiger partial charge in [-0.1, -0.05) is 35.4 Å². The molecule has 28 heavy (non-hydrogen) atoms. The number of amides is 2. The Hall–Kier alpha value is -3.39. The van der Waals surface area contributed by atoms with E-state index in [2.05, 4.69) is 26.4 Å². The van der Waals surface area contributed by atoms with E-state index in [9.17, 15) is 9.59 Å². The molecule has 1 aromatic heterocycles. The zero-order valence-corrected chi connectivity index (χ0v) is 16.1. The normalized spacial score (nSPS) is 10.4. The Morgan fingerprint density at radius 2 is 1.79 bits per heavy atom. The number of hydrazine groups is 1. The summed E-state index contributed by atoms with van der Waals surface area (Å²) in [5.74, 6) is -0.955. The number of anilines is 1. The lowest BCUT2D eigenvalue weighted by Crippen LogP contribution is -2.44. The zero-order chi connectivity index (χ0) is 20.1. The lowest BCUT2D eigenvalue weighted by Gasteiger charge is -2.08. The second-order valence-corrected chi connectivity index (χ2v) is 6.56. The molecule has 2 aromatic carbocycles. The number of benzene rings is 2. The second-order valence-electron chi connectivity index (χ2n) is 6.13. The van der Waals surface area contributed by atoms with Crippen molar-refractivity contribution in [3.63, 3.8) is 0 Å². The van der Waals surface area contributed by atoms with Gasteiger partial charge in [0, 0.05) is 10.7 Å². The van der Waals surface area contributed by atoms with Crippen LogP contribution in [0.25, 0.3) is 5.69 Å². The Bertz CT molecular complexity index is 1000. The first-order chi connectivity index (χ1) is 13.4. The van der Waals surface area contributed by atoms with Crippen molar-refractivity contribution < 1.29 is 9.59 Å². The molecule has 2 amide bonds. The average Bonchev–Trinajstić information content (AvgIpc) is 3.07. The molecule has 3 rings (SSSR count). The predicted octanol–water partition coefficient (Wildman–Crippen LogP) is 2.41. The van der Waals surface area contributed by atoms with Crippen LogP contribution in [-0.4, -0.2) is 33.4 Å². The summed E-state index contributed by atoms with van der Waals surface area (Å²) in [6.07, 6.45) is 0. The number of hydrogen-bond donors (Lipinski definition) is 3. The minimum Gasteiger partial charge on any atom is -0.376 e. The summed E-state index contributed by atoms with van der Waals surface area (Å²) in [7, 11) is 0. The van der Waals surface area contributed by atoms with Crippen molar-refractivity contribution in [1.29, 1.82) is 0 Å². The van der Waals surface area contributed by atoms with Gasteiger partial charge < -0.3 is 5.32 Å². The van der Waals surface area contributed by atoms with Crippen LogP contribution in [-0.2, 0) is 4.79 Å². The molecule has 0 atom stereocenters. The highest BCUT2D eigenvalue weighted by Gasteiger charge is 2.17. The Labute approximate surface area is 166 Å². The average molecular weight is 399 g/mol. The number of aromatic nitrogens is 3. The first-order valence-corrected chi connectivity index (χ1v) is 8.90. The maximum atomic E-state index is 12.3. The SMILES string of the molecule is Cc1ccc(NCC(=O)NNC(=O)c2nn(-c3cccc(Cl)c3)nc2C)cc1. The van der Waals surface area contributed by atoms with Gasteiger partial charge in [0.25, 0.3) is 11.8 Å². The quantitative estimate of drug-likeness (QED) is 0.573. The van der Waals surface area contributed by atoms with Gasteiger partial charge in [0.15, 0.2) is 5.69 Å². The molecule has 3 aromatic rings. The summed E-state index contributed by atoms with van der Waals surface area (Å²) in [6.45, 7) is 3.65. The van der Waals surface area contributed by atoms with Crippen molar-refractivity contribution in [2.45, 2.75) is 13.8 Å². The molecule has 144 valence electrons. The minimum atomic E-state index is -0.561. The molecule has 1 heterocycles. The van der Waals surface area contributed by atoms with Crippen LogP contribution < -0.4 is 16.2 Å². The number of carbonyl (C=O) groups is 2. The summed E-state index contributed by atoms with van der Waals surface area (Å²) >= 11 is 5.97. The van der Waals surface area contributed by atoms with E-state index in [4.69, 9.17) is 11.6 Å². The molecule has 0 spiro atoms. The highest BCUT2D eigenvalue weighted by Crippen LogP contribution is 2.14. The van der Waals surface area contributed by atoms with Crippen molar-refractivity contribution in [3.05, 3.63) is 70.5 Å². The van der Waals surface area contributed by atoms with Gasteiger partial charge in [0.2, 0.25) is 0 Å². The number of rotatable bonds is 5. The molecule has 0 bridgehead atoms. The summed E-state index contributed by atoms with van der Waals surface area (Å²) in [5, 5.41) is 11.9. The minimum absolute atomic E-state index is 0.0114. The van der Waals surface area contributed by atoms with Crippen molar-refractivity contribution in [1.82, 2.24) is 25.8 Å². The molecular formula is C19H19ClN6O2. The standard InChI is InChI=1S/C19H19ClN6O2/c1-12-6-8-15(9-7-12)21-11-17(27)22-23-19(28)18-13(2)24-26(25-18)16-5-3-4-14(20)10-16/h3-10,21H,11H2,1-2H3,(H,22,27)(H,23,28). The van der Waals surface area contributed by atoms with Crippen LogP contribution in [0.4, 0.5) is 5.69 Å². The van der Waals surface area contributed by atoms with Crippen LogP contribution in [0.15, 0.2) is 48.5 Å². The Morgan fingerprint density at radius 1 is 1.04 bits per heavy atom. The molecule has 9 heteroatoms. The lowest BCUT2D eigenvalue weighted by molar-refractivity contribution is -0.120. The van der Waals surface area contributed by atoms with Crippen LogP contribution in [0.3, 0.4) is 0 Å². The molecule has 0 unspecified atom stereocenters. The van der Waals surface area contributed by atoms with Crippen LogP contribution in [0.5, 0.6) is 0 Å². The van der Waals surface area contributed by atoms with E-state index in [0.717, 1.165) is 11.3 Å². The monoisotopic (exact) mass is 398 g/mol. The molecule has 0 aliphatic carbocycles. The van der Waals surface area contributed by atoms with E-state index < -0.39 is 11.8 Å². The lowest BCUT2D eigenvalue weighted by atomic mass is 10.2. The topological polar surface area (TPSA) is 101 Å². The highest BCUT2D eigenvalue weighted by atomic mass is 35.5. The third-order valence-corrected chi connectivity index (χ3v) is 4.09. The Balaban J connectivity index is 1.56. The van der Waals surface area contributed by atoms with E-state index >= 15 is 0 Å². The number of halogens is 1. The summed E-state index contributed by atoms with van der Waals surface area (Å²) in [5.41, 5.74) is 7.78. The van der Waals surface area contributed by atoms with Crippen LogP contribution in [0.2, 0.25) is 5.02 Å². The van der Waals surface area contributed by atoms with Crippen molar-refractivity contribution >= 4 is 29.1 Å². The van der Waals surface area contributed by atoms with Gasteiger partial charge >= 0.3 is 0 Å². The van der Waals surface area contributed by atoms with Crippen LogP contribution in [0.1, 0.15) is 21.7 Å². The molecule has 0 fully saturated rings. The maximum absolute atomic E-state index is 12.3. The molecule has 8 nitrogen and oxygen atoms in total. The molecule has 3 N–H and O–H groups in total. The van der Waals surface area contributed by atoms with E-state index in [1.807, 2.05) is 31.2 Å². The smallest absolute Gasteiger partial charge is 0.292 e. The van der Waals surface area contributed by atoms with E-state index in [1.165, 1.54) is 4.80 Å². The third kappa shape index (κ3) is 4.86. The number of aryl methyl sites for hydroxylation is 2. The molecule has 0 radical (unpaired) electrons. The van der Waals surface area contributed by atoms with Crippen molar-refractivity contribution in [2.75, 3.05) is 11.9 Å². The van der Waals surface area contributed by atoms with Crippen molar-refractivity contribution in [3.8, 4) is 5.69 Å². The van der Waals surface area contributed by atoms with E-state index in [-0.39, 0.29) is 12.2 Å². The first-order valence-electron chi connectivity index (χ1n) is 8.52. The van der Waals surface area contributed by atoms with Crippen LogP contribution >= 0.6 is 11.6 Å². The fourth-order valence-electron chi connectivity index (χ4n) is 2.39. The Kier molecular flexibility index (Phi) is 5.90. The number of nitrogens with zero attached hydrogens (tertiary/aromatic N) is 3. The van der Waals surface area contributed by atoms with Gasteiger partial charge in [-0.2, -0.15) is 9.90 Å². The van der Waals surface area contributed by atoms with Gasteiger partial charge in [-0.25, -0.2) is 0 Å². The van der Waals surface area contributed by atoms with E-state index in [1.54, 1.807) is 31.2 Å². The third-order valence-electron chi connectivity index (χ3n) is 3.86. The molecule has 0 saturated carbocycles. The Morgan fingerprint density at radius 3 is 2.50 bits per heavy atom. The fourth-order valence-corrected chi connectivity index (χ4v) is 2.57. The van der Waals surface area contributed by atoms with Crippen LogP contribution in [0, 0.1) is 13.8 Å². The van der Waals surface area contributed by atoms with E-state index in [0.29, 0.717) is 16.4 Å². The molecule has 0 aliphatic rings. The number of nitrogens with one attached hydrogen (secondary N) is 3. The van der Waals surface area contributed by atoms with Crippen molar-refractivity contribution in [2.24, 2.45) is 0 Å². The molecule has 0 saturated heterocycles. The summed E-state index contributed by atoms with van der Waals surface area (Å²) < 4.78 is 0. The summed E-state index contributed by atoms with van der Waals surface area (Å²) in [6, 6.07) is 14.6. The van der Waals surface area contributed by atoms with Gasteiger partial charge in [-0.15, -0.1) is 5.10 Å². The predicted molar refractivity (Wildman–Crippen MR) is 106 cm³/mol. The largest absolute Gasteiger partial charge is 0.376 e. The fraction of sp³-hybridized carbons (Fsp3) is 0.158. The van der Waals surface area contributed by atoms with Gasteiger partial charge in [-0.3, -0.25) is 20.4 Å². The second kappa shape index (κ2) is 8.53. The van der Waals surface area contributed by atoms with Gasteiger partial charge in [0.05, 0.1) is 17.9 Å². The molecule has 0 aliphatic heterocycles. The number of hydrogen-bond acceptors (Lipinski definition) is 5.